The highest BCUT2D eigenvalue weighted by Gasteiger charge is 2.10. The Morgan fingerprint density at radius 3 is 2.58 bits per heavy atom. The van der Waals surface area contributed by atoms with Crippen molar-refractivity contribution in [1.82, 2.24) is 4.40 Å². The van der Waals surface area contributed by atoms with Gasteiger partial charge in [0.2, 0.25) is 0 Å². The van der Waals surface area contributed by atoms with Gasteiger partial charge < -0.3 is 9.14 Å². The van der Waals surface area contributed by atoms with E-state index in [9.17, 15) is 4.79 Å². The van der Waals surface area contributed by atoms with E-state index < -0.39 is 0 Å². The minimum absolute atomic E-state index is 0.667. The second kappa shape index (κ2) is 4.61. The zero-order valence-electron chi connectivity index (χ0n) is 10.5. The van der Waals surface area contributed by atoms with Crippen LogP contribution in [0.3, 0.4) is 0 Å². The third-order valence-corrected chi connectivity index (χ3v) is 3.23. The van der Waals surface area contributed by atoms with E-state index in [1.165, 1.54) is 0 Å². The number of carbonyl (C=O) groups is 1. The van der Waals surface area contributed by atoms with E-state index in [1.54, 1.807) is 7.11 Å². The number of aromatic nitrogens is 1. The number of pyridine rings is 1. The van der Waals surface area contributed by atoms with Crippen LogP contribution in [0.1, 0.15) is 10.5 Å². The summed E-state index contributed by atoms with van der Waals surface area (Å²) in [6, 6.07) is 15.6. The number of fused-ring (bicyclic) bond motifs is 1. The Bertz CT molecular complexity index is 726. The van der Waals surface area contributed by atoms with Crippen LogP contribution in [0.4, 0.5) is 0 Å². The van der Waals surface area contributed by atoms with Crippen LogP contribution in [0, 0.1) is 0 Å². The Hall–Kier alpha value is -2.55. The third kappa shape index (κ3) is 1.89. The van der Waals surface area contributed by atoms with Crippen LogP contribution in [-0.4, -0.2) is 17.8 Å². The summed E-state index contributed by atoms with van der Waals surface area (Å²) in [6.07, 6.45) is 2.79. The van der Waals surface area contributed by atoms with Crippen molar-refractivity contribution in [1.29, 1.82) is 0 Å². The summed E-state index contributed by atoms with van der Waals surface area (Å²) in [6.45, 7) is 0. The number of rotatable bonds is 3. The normalized spacial score (nSPS) is 10.6. The van der Waals surface area contributed by atoms with Gasteiger partial charge in [0.25, 0.3) is 0 Å². The van der Waals surface area contributed by atoms with E-state index >= 15 is 0 Å². The Labute approximate surface area is 111 Å². The van der Waals surface area contributed by atoms with Gasteiger partial charge in [0.1, 0.15) is 5.75 Å². The largest absolute Gasteiger partial charge is 0.497 e. The molecule has 0 saturated carbocycles. The lowest BCUT2D eigenvalue weighted by Gasteiger charge is -2.03. The van der Waals surface area contributed by atoms with Crippen LogP contribution in [0.5, 0.6) is 5.75 Å². The molecule has 0 spiro atoms. The van der Waals surface area contributed by atoms with Gasteiger partial charge in [-0.2, -0.15) is 0 Å². The smallest absolute Gasteiger partial charge is 0.167 e. The molecule has 0 saturated heterocycles. The zero-order valence-corrected chi connectivity index (χ0v) is 10.5. The van der Waals surface area contributed by atoms with Crippen molar-refractivity contribution in [2.75, 3.05) is 7.11 Å². The van der Waals surface area contributed by atoms with Gasteiger partial charge >= 0.3 is 0 Å². The predicted octanol–water partition coefficient (Wildman–Crippen LogP) is 3.43. The molecule has 0 radical (unpaired) electrons. The second-order valence-corrected chi connectivity index (χ2v) is 4.29. The highest BCUT2D eigenvalue weighted by molar-refractivity contribution is 5.89. The molecule has 3 aromatic rings. The summed E-state index contributed by atoms with van der Waals surface area (Å²) in [5.41, 5.74) is 3.62. The van der Waals surface area contributed by atoms with E-state index in [-0.39, 0.29) is 0 Å². The standard InChI is InChI=1S/C16H13NO2/c1-19-14-7-5-12(6-8-14)15-10-13-4-2-3-9-17(13)16(15)11-18/h2-11H,1H3. The van der Waals surface area contributed by atoms with Gasteiger partial charge in [0.15, 0.2) is 6.29 Å². The average molecular weight is 251 g/mol. The van der Waals surface area contributed by atoms with E-state index in [0.29, 0.717) is 5.69 Å². The van der Waals surface area contributed by atoms with Gasteiger partial charge in [0.05, 0.1) is 12.8 Å². The van der Waals surface area contributed by atoms with Crippen LogP contribution in [0.15, 0.2) is 54.7 Å². The summed E-state index contributed by atoms with van der Waals surface area (Å²) in [5, 5.41) is 0. The predicted molar refractivity (Wildman–Crippen MR) is 74.8 cm³/mol. The average Bonchev–Trinajstić information content (AvgIpc) is 2.85. The summed E-state index contributed by atoms with van der Waals surface area (Å²) >= 11 is 0. The zero-order chi connectivity index (χ0) is 13.2. The molecule has 0 unspecified atom stereocenters. The van der Waals surface area contributed by atoms with Gasteiger partial charge in [-0.15, -0.1) is 0 Å². The Balaban J connectivity index is 2.20. The SMILES string of the molecule is COc1ccc(-c2cc3ccccn3c2C=O)cc1. The highest BCUT2D eigenvalue weighted by atomic mass is 16.5. The van der Waals surface area contributed by atoms with Gasteiger partial charge in [0, 0.05) is 17.3 Å². The van der Waals surface area contributed by atoms with Crippen LogP contribution < -0.4 is 4.74 Å². The van der Waals surface area contributed by atoms with Crippen molar-refractivity contribution in [3.8, 4) is 16.9 Å². The fourth-order valence-corrected chi connectivity index (χ4v) is 2.27. The first kappa shape index (κ1) is 11.5. The molecule has 0 aliphatic carbocycles. The molecule has 0 N–H and O–H groups in total. The maximum atomic E-state index is 11.4. The minimum atomic E-state index is 0.667. The number of nitrogens with zero attached hydrogens (tertiary/aromatic N) is 1. The summed E-state index contributed by atoms with van der Waals surface area (Å²) < 4.78 is 7.04. The number of hydrogen-bond acceptors (Lipinski definition) is 2. The quantitative estimate of drug-likeness (QED) is 0.668. The van der Waals surface area contributed by atoms with Crippen LogP contribution in [0.25, 0.3) is 16.6 Å². The lowest BCUT2D eigenvalue weighted by molar-refractivity contribution is 0.111. The minimum Gasteiger partial charge on any atom is -0.497 e. The van der Waals surface area contributed by atoms with Crippen molar-refractivity contribution in [3.63, 3.8) is 0 Å². The Morgan fingerprint density at radius 1 is 1.11 bits per heavy atom. The molecule has 0 aliphatic rings. The monoisotopic (exact) mass is 251 g/mol. The molecule has 94 valence electrons. The van der Waals surface area contributed by atoms with E-state index in [4.69, 9.17) is 4.74 Å². The third-order valence-electron chi connectivity index (χ3n) is 3.23. The van der Waals surface area contributed by atoms with Crippen molar-refractivity contribution < 1.29 is 9.53 Å². The Morgan fingerprint density at radius 2 is 1.89 bits per heavy atom. The Kier molecular flexibility index (Phi) is 2.80. The molecule has 0 amide bonds. The lowest BCUT2D eigenvalue weighted by atomic mass is 10.1. The van der Waals surface area contributed by atoms with E-state index in [0.717, 1.165) is 28.7 Å². The topological polar surface area (TPSA) is 30.7 Å². The molecule has 3 nitrogen and oxygen atoms in total. The van der Waals surface area contributed by atoms with Gasteiger partial charge in [-0.05, 0) is 35.9 Å². The number of hydrogen-bond donors (Lipinski definition) is 0. The van der Waals surface area contributed by atoms with E-state index in [1.807, 2.05) is 59.1 Å². The molecule has 19 heavy (non-hydrogen) atoms. The molecular formula is C16H13NO2. The van der Waals surface area contributed by atoms with Gasteiger partial charge in [-0.25, -0.2) is 0 Å². The first-order valence-corrected chi connectivity index (χ1v) is 6.03. The van der Waals surface area contributed by atoms with Crippen molar-refractivity contribution in [2.24, 2.45) is 0 Å². The second-order valence-electron chi connectivity index (χ2n) is 4.29. The summed E-state index contributed by atoms with van der Waals surface area (Å²) in [5.74, 6) is 0.806. The molecule has 0 fully saturated rings. The summed E-state index contributed by atoms with van der Waals surface area (Å²) in [4.78, 5) is 11.4. The van der Waals surface area contributed by atoms with E-state index in [2.05, 4.69) is 0 Å². The molecule has 2 aromatic heterocycles. The fourth-order valence-electron chi connectivity index (χ4n) is 2.27. The first-order valence-electron chi connectivity index (χ1n) is 6.03. The summed E-state index contributed by atoms with van der Waals surface area (Å²) in [7, 11) is 1.64. The molecular weight excluding hydrogens is 238 g/mol. The molecule has 3 rings (SSSR count). The molecule has 1 aromatic carbocycles. The first-order chi connectivity index (χ1) is 9.33. The maximum absolute atomic E-state index is 11.4. The number of methoxy groups -OCH3 is 1. The van der Waals surface area contributed by atoms with Crippen LogP contribution >= 0.6 is 0 Å². The van der Waals surface area contributed by atoms with Crippen molar-refractivity contribution in [3.05, 3.63) is 60.4 Å². The van der Waals surface area contributed by atoms with Gasteiger partial charge in [-0.3, -0.25) is 4.79 Å². The number of carbonyl (C=O) groups excluding carboxylic acids is 1. The number of aldehydes is 1. The molecule has 0 aliphatic heterocycles. The fraction of sp³-hybridized carbons (Fsp3) is 0.0625. The molecule has 3 heteroatoms. The van der Waals surface area contributed by atoms with Crippen molar-refractivity contribution in [2.45, 2.75) is 0 Å². The molecule has 0 atom stereocenters. The molecule has 2 heterocycles. The molecule has 0 bridgehead atoms. The lowest BCUT2D eigenvalue weighted by Crippen LogP contribution is -1.91. The number of ether oxygens (including phenoxy) is 1. The van der Waals surface area contributed by atoms with Crippen molar-refractivity contribution >= 4 is 11.8 Å². The van der Waals surface area contributed by atoms with Crippen LogP contribution in [-0.2, 0) is 0 Å². The van der Waals surface area contributed by atoms with Gasteiger partial charge in [-0.1, -0.05) is 18.2 Å². The maximum Gasteiger partial charge on any atom is 0.167 e. The highest BCUT2D eigenvalue weighted by Crippen LogP contribution is 2.28. The van der Waals surface area contributed by atoms with Crippen LogP contribution in [0.2, 0.25) is 0 Å². The number of benzene rings is 1.